The van der Waals surface area contributed by atoms with Crippen LogP contribution in [0.25, 0.3) is 6.08 Å². The number of carbonyl (C=O) groups is 2. The molecule has 0 aromatic heterocycles. The molecule has 0 radical (unpaired) electrons. The van der Waals surface area contributed by atoms with Gasteiger partial charge in [0.25, 0.3) is 5.91 Å². The molecule has 2 aromatic rings. The van der Waals surface area contributed by atoms with Crippen molar-refractivity contribution in [3.8, 4) is 0 Å². The molecule has 0 bridgehead atoms. The number of halogens is 2. The van der Waals surface area contributed by atoms with E-state index >= 15 is 0 Å². The zero-order valence-electron chi connectivity index (χ0n) is 16.2. The van der Waals surface area contributed by atoms with Crippen LogP contribution in [0, 0.1) is 11.7 Å². The van der Waals surface area contributed by atoms with Gasteiger partial charge in [0.05, 0.1) is 6.04 Å². The van der Waals surface area contributed by atoms with Gasteiger partial charge in [-0.05, 0) is 43.0 Å². The summed E-state index contributed by atoms with van der Waals surface area (Å²) in [5.74, 6) is -0.818. The zero-order chi connectivity index (χ0) is 21.1. The molecule has 4 rings (SSSR count). The van der Waals surface area contributed by atoms with Gasteiger partial charge < -0.3 is 15.4 Å². The molecule has 0 spiro atoms. The summed E-state index contributed by atoms with van der Waals surface area (Å²) in [4.78, 5) is 25.1. The van der Waals surface area contributed by atoms with Crippen LogP contribution in [0.4, 0.5) is 4.39 Å². The fourth-order valence-electron chi connectivity index (χ4n) is 3.93. The van der Waals surface area contributed by atoms with Gasteiger partial charge in [-0.1, -0.05) is 48.0 Å². The molecule has 5 nitrogen and oxygen atoms in total. The standard InChI is InChI=1S/C23H22ClFN2O3/c24-17-7-3-1-5-14(17)12-21-23(29)27-19-11-15(9-10-20(19)30-21)22(28)26-13-16-6-2-4-8-18(16)25/h1-8,12,15,19-20H,9-11,13H2,(H,26,28)(H,27,29)/b21-12-. The van der Waals surface area contributed by atoms with E-state index in [0.29, 0.717) is 35.4 Å². The molecule has 2 aromatic carbocycles. The molecule has 1 saturated heterocycles. The number of nitrogens with one attached hydrogen (secondary N) is 2. The third-order valence-electron chi connectivity index (χ3n) is 5.58. The van der Waals surface area contributed by atoms with E-state index in [1.165, 1.54) is 6.07 Å². The van der Waals surface area contributed by atoms with Crippen LogP contribution < -0.4 is 10.6 Å². The molecular weight excluding hydrogens is 407 g/mol. The van der Waals surface area contributed by atoms with Crippen molar-refractivity contribution >= 4 is 29.5 Å². The van der Waals surface area contributed by atoms with Crippen LogP contribution in [-0.4, -0.2) is 24.0 Å². The van der Waals surface area contributed by atoms with Crippen LogP contribution in [0.1, 0.15) is 30.4 Å². The molecule has 2 fully saturated rings. The molecule has 2 N–H and O–H groups in total. The van der Waals surface area contributed by atoms with Crippen molar-refractivity contribution in [3.63, 3.8) is 0 Å². The summed E-state index contributed by atoms with van der Waals surface area (Å²) in [6.07, 6.45) is 3.22. The maximum absolute atomic E-state index is 13.7. The Balaban J connectivity index is 1.36. The van der Waals surface area contributed by atoms with E-state index in [4.69, 9.17) is 16.3 Å². The Morgan fingerprint density at radius 1 is 1.20 bits per heavy atom. The Morgan fingerprint density at radius 3 is 2.77 bits per heavy atom. The lowest BCUT2D eigenvalue weighted by atomic mass is 9.82. The monoisotopic (exact) mass is 428 g/mol. The Hall–Kier alpha value is -2.86. The molecule has 30 heavy (non-hydrogen) atoms. The van der Waals surface area contributed by atoms with Gasteiger partial charge in [0.1, 0.15) is 11.9 Å². The van der Waals surface area contributed by atoms with Crippen molar-refractivity contribution in [3.05, 3.63) is 76.3 Å². The van der Waals surface area contributed by atoms with E-state index in [-0.39, 0.29) is 48.0 Å². The van der Waals surface area contributed by atoms with Crippen molar-refractivity contribution in [2.45, 2.75) is 38.0 Å². The van der Waals surface area contributed by atoms with Gasteiger partial charge in [0, 0.05) is 23.0 Å². The summed E-state index contributed by atoms with van der Waals surface area (Å²) in [6, 6.07) is 13.4. The maximum atomic E-state index is 13.7. The molecule has 156 valence electrons. The number of hydrogen-bond acceptors (Lipinski definition) is 3. The number of benzene rings is 2. The minimum absolute atomic E-state index is 0.136. The van der Waals surface area contributed by atoms with Crippen molar-refractivity contribution in [2.24, 2.45) is 5.92 Å². The summed E-state index contributed by atoms with van der Waals surface area (Å²) < 4.78 is 19.7. The number of ether oxygens (including phenoxy) is 1. The first-order valence-corrected chi connectivity index (χ1v) is 10.3. The molecule has 2 aliphatic rings. The fraction of sp³-hybridized carbons (Fsp3) is 0.304. The lowest BCUT2D eigenvalue weighted by Gasteiger charge is -2.39. The SMILES string of the molecule is O=C1NC2CC(C(=O)NCc3ccccc3F)CCC2O/C1=C\c1ccccc1Cl. The highest BCUT2D eigenvalue weighted by molar-refractivity contribution is 6.32. The van der Waals surface area contributed by atoms with Crippen LogP contribution >= 0.6 is 11.6 Å². The maximum Gasteiger partial charge on any atom is 0.286 e. The Labute approximate surface area is 179 Å². The first-order chi connectivity index (χ1) is 14.5. The van der Waals surface area contributed by atoms with Gasteiger partial charge in [0.15, 0.2) is 5.76 Å². The molecular formula is C23H22ClFN2O3. The van der Waals surface area contributed by atoms with Crippen molar-refractivity contribution in [2.75, 3.05) is 0 Å². The molecule has 1 aliphatic carbocycles. The van der Waals surface area contributed by atoms with E-state index in [0.717, 1.165) is 0 Å². The van der Waals surface area contributed by atoms with E-state index in [9.17, 15) is 14.0 Å². The zero-order valence-corrected chi connectivity index (χ0v) is 17.0. The van der Waals surface area contributed by atoms with Gasteiger partial charge in [-0.15, -0.1) is 0 Å². The molecule has 1 aliphatic heterocycles. The summed E-state index contributed by atoms with van der Waals surface area (Å²) in [5, 5.41) is 6.31. The Morgan fingerprint density at radius 2 is 1.97 bits per heavy atom. The second kappa shape index (κ2) is 8.88. The quantitative estimate of drug-likeness (QED) is 0.727. The average Bonchev–Trinajstić information content (AvgIpc) is 2.74. The van der Waals surface area contributed by atoms with Crippen molar-refractivity contribution in [1.29, 1.82) is 0 Å². The molecule has 3 atom stereocenters. The minimum atomic E-state index is -0.340. The number of hydrogen-bond donors (Lipinski definition) is 2. The normalized spacial score (nSPS) is 24.5. The van der Waals surface area contributed by atoms with Gasteiger partial charge in [0.2, 0.25) is 5.91 Å². The Bertz CT molecular complexity index is 994. The second-order valence-electron chi connectivity index (χ2n) is 7.59. The molecule has 2 amide bonds. The number of carbonyl (C=O) groups excluding carboxylic acids is 2. The predicted octanol–water partition coefficient (Wildman–Crippen LogP) is 3.82. The number of fused-ring (bicyclic) bond motifs is 1. The highest BCUT2D eigenvalue weighted by Gasteiger charge is 2.40. The summed E-state index contributed by atoms with van der Waals surface area (Å²) in [6.45, 7) is 0.143. The van der Waals surface area contributed by atoms with E-state index in [1.807, 2.05) is 18.2 Å². The summed E-state index contributed by atoms with van der Waals surface area (Å²) in [5.41, 5.74) is 1.16. The number of amides is 2. The minimum Gasteiger partial charge on any atom is -0.483 e. The first-order valence-electron chi connectivity index (χ1n) is 9.96. The van der Waals surface area contributed by atoms with Gasteiger partial charge >= 0.3 is 0 Å². The first kappa shape index (κ1) is 20.4. The smallest absolute Gasteiger partial charge is 0.286 e. The Kier molecular flexibility index (Phi) is 6.04. The fourth-order valence-corrected chi connectivity index (χ4v) is 4.12. The van der Waals surface area contributed by atoms with Crippen molar-refractivity contribution in [1.82, 2.24) is 10.6 Å². The molecule has 1 saturated carbocycles. The van der Waals surface area contributed by atoms with Crippen LogP contribution in [0.3, 0.4) is 0 Å². The molecule has 3 unspecified atom stereocenters. The van der Waals surface area contributed by atoms with E-state index in [2.05, 4.69) is 10.6 Å². The second-order valence-corrected chi connectivity index (χ2v) is 7.99. The largest absolute Gasteiger partial charge is 0.483 e. The van der Waals surface area contributed by atoms with Crippen LogP contribution in [-0.2, 0) is 20.9 Å². The number of morpholine rings is 1. The van der Waals surface area contributed by atoms with Crippen LogP contribution in [0.15, 0.2) is 54.3 Å². The summed E-state index contributed by atoms with van der Waals surface area (Å²) >= 11 is 6.17. The lowest BCUT2D eigenvalue weighted by Crippen LogP contribution is -2.54. The van der Waals surface area contributed by atoms with E-state index < -0.39 is 0 Å². The topological polar surface area (TPSA) is 67.4 Å². The predicted molar refractivity (Wildman–Crippen MR) is 112 cm³/mol. The van der Waals surface area contributed by atoms with E-state index in [1.54, 1.807) is 30.3 Å². The highest BCUT2D eigenvalue weighted by Crippen LogP contribution is 2.32. The third-order valence-corrected chi connectivity index (χ3v) is 5.92. The summed E-state index contributed by atoms with van der Waals surface area (Å²) in [7, 11) is 0. The van der Waals surface area contributed by atoms with Gasteiger partial charge in [-0.3, -0.25) is 9.59 Å². The van der Waals surface area contributed by atoms with Crippen LogP contribution in [0.2, 0.25) is 5.02 Å². The van der Waals surface area contributed by atoms with Gasteiger partial charge in [-0.25, -0.2) is 4.39 Å². The molecule has 1 heterocycles. The number of rotatable bonds is 4. The van der Waals surface area contributed by atoms with Crippen molar-refractivity contribution < 1.29 is 18.7 Å². The third kappa shape index (κ3) is 4.49. The molecule has 7 heteroatoms. The highest BCUT2D eigenvalue weighted by atomic mass is 35.5. The average molecular weight is 429 g/mol. The lowest BCUT2D eigenvalue weighted by molar-refractivity contribution is -0.135. The van der Waals surface area contributed by atoms with Crippen LogP contribution in [0.5, 0.6) is 0 Å². The van der Waals surface area contributed by atoms with Gasteiger partial charge in [-0.2, -0.15) is 0 Å².